The lowest BCUT2D eigenvalue weighted by Gasteiger charge is -2.12. The monoisotopic (exact) mass is 297 g/mol. The van der Waals surface area contributed by atoms with Crippen LogP contribution in [0, 0.1) is 0 Å². The molecular weight excluding hydrogens is 282 g/mol. The molecule has 0 radical (unpaired) electrons. The molecule has 108 valence electrons. The number of aliphatic hydroxyl groups is 2. The number of pyridine rings is 1. The molecule has 20 heavy (non-hydrogen) atoms. The molecule has 0 spiro atoms. The zero-order chi connectivity index (χ0) is 14.8. The molecule has 2 rings (SSSR count). The van der Waals surface area contributed by atoms with Crippen LogP contribution in [0.5, 0.6) is 0 Å². The molecule has 0 bridgehead atoms. The summed E-state index contributed by atoms with van der Waals surface area (Å²) in [5.41, 5.74) is 6.48. The van der Waals surface area contributed by atoms with Crippen molar-refractivity contribution in [3.05, 3.63) is 30.5 Å². The van der Waals surface area contributed by atoms with Crippen LogP contribution in [-0.2, 0) is 10.0 Å². The van der Waals surface area contributed by atoms with Crippen molar-refractivity contribution in [3.63, 3.8) is 0 Å². The third-order valence-corrected chi connectivity index (χ3v) is 4.23. The number of anilines is 1. The first-order valence-electron chi connectivity index (χ1n) is 5.87. The number of aliphatic hydroxyl groups excluding tert-OH is 2. The average Bonchev–Trinajstić information content (AvgIpc) is 2.45. The molecule has 1 atom stereocenters. The van der Waals surface area contributed by atoms with E-state index in [0.717, 1.165) is 0 Å². The van der Waals surface area contributed by atoms with Gasteiger partial charge in [-0.2, -0.15) is 0 Å². The first-order chi connectivity index (χ1) is 9.45. The zero-order valence-corrected chi connectivity index (χ0v) is 11.3. The maximum Gasteiger partial charge on any atom is 0.242 e. The van der Waals surface area contributed by atoms with E-state index in [-0.39, 0.29) is 17.0 Å². The molecule has 0 aliphatic carbocycles. The van der Waals surface area contributed by atoms with E-state index in [1.54, 1.807) is 12.1 Å². The van der Waals surface area contributed by atoms with Crippen LogP contribution in [0.2, 0.25) is 0 Å². The lowest BCUT2D eigenvalue weighted by atomic mass is 10.2. The van der Waals surface area contributed by atoms with Crippen LogP contribution in [0.25, 0.3) is 10.9 Å². The van der Waals surface area contributed by atoms with E-state index in [4.69, 9.17) is 10.8 Å². The Labute approximate surface area is 116 Å². The molecule has 8 heteroatoms. The molecule has 7 nitrogen and oxygen atoms in total. The Morgan fingerprint density at radius 3 is 2.80 bits per heavy atom. The van der Waals surface area contributed by atoms with Crippen LogP contribution in [0.15, 0.2) is 35.4 Å². The number of nitrogen functional groups attached to an aromatic ring is 1. The van der Waals surface area contributed by atoms with Gasteiger partial charge in [0.2, 0.25) is 10.0 Å². The van der Waals surface area contributed by atoms with E-state index >= 15 is 0 Å². The largest absolute Gasteiger partial charge is 0.398 e. The number of nitrogens with zero attached hydrogens (tertiary/aromatic N) is 1. The summed E-state index contributed by atoms with van der Waals surface area (Å²) < 4.78 is 26.6. The van der Waals surface area contributed by atoms with Crippen molar-refractivity contribution in [1.29, 1.82) is 0 Å². The molecule has 2 aromatic rings. The van der Waals surface area contributed by atoms with Gasteiger partial charge in [0, 0.05) is 23.8 Å². The number of hydrogen-bond acceptors (Lipinski definition) is 6. The number of aromatic nitrogens is 1. The summed E-state index contributed by atoms with van der Waals surface area (Å²) in [6.07, 6.45) is 0.321. The first kappa shape index (κ1) is 14.7. The van der Waals surface area contributed by atoms with Crippen LogP contribution in [0.4, 0.5) is 5.69 Å². The smallest absolute Gasteiger partial charge is 0.242 e. The summed E-state index contributed by atoms with van der Waals surface area (Å²) >= 11 is 0. The van der Waals surface area contributed by atoms with Crippen molar-refractivity contribution in [2.75, 3.05) is 18.9 Å². The van der Waals surface area contributed by atoms with Gasteiger partial charge in [-0.3, -0.25) is 4.98 Å². The number of fused-ring (bicyclic) bond motifs is 1. The van der Waals surface area contributed by atoms with Crippen molar-refractivity contribution in [2.45, 2.75) is 11.0 Å². The molecule has 0 saturated heterocycles. The Hall–Kier alpha value is -1.74. The zero-order valence-electron chi connectivity index (χ0n) is 10.5. The number of nitrogens with two attached hydrogens (primary N) is 1. The summed E-state index contributed by atoms with van der Waals surface area (Å²) in [5, 5.41) is 18.4. The molecule has 1 unspecified atom stereocenters. The fourth-order valence-electron chi connectivity index (χ4n) is 1.73. The van der Waals surface area contributed by atoms with Gasteiger partial charge < -0.3 is 15.9 Å². The average molecular weight is 297 g/mol. The Bertz CT molecular complexity index is 718. The van der Waals surface area contributed by atoms with Gasteiger partial charge >= 0.3 is 0 Å². The van der Waals surface area contributed by atoms with Crippen LogP contribution in [-0.4, -0.2) is 42.9 Å². The summed E-state index contributed by atoms with van der Waals surface area (Å²) in [4.78, 5) is 4.02. The highest BCUT2D eigenvalue weighted by Gasteiger charge is 2.20. The fourth-order valence-corrected chi connectivity index (χ4v) is 2.97. The van der Waals surface area contributed by atoms with Crippen LogP contribution in [0.3, 0.4) is 0 Å². The van der Waals surface area contributed by atoms with Gasteiger partial charge in [-0.05, 0) is 24.3 Å². The Balaban J connectivity index is 2.45. The molecule has 1 aromatic carbocycles. The normalized spacial score (nSPS) is 13.5. The minimum absolute atomic E-state index is 0.0209. The lowest BCUT2D eigenvalue weighted by Crippen LogP contribution is -2.34. The number of nitrogens with one attached hydrogen (secondary N) is 1. The van der Waals surface area contributed by atoms with E-state index in [2.05, 4.69) is 9.71 Å². The van der Waals surface area contributed by atoms with Gasteiger partial charge in [0.25, 0.3) is 0 Å². The van der Waals surface area contributed by atoms with Gasteiger partial charge in [0.15, 0.2) is 0 Å². The molecule has 1 heterocycles. The molecule has 5 N–H and O–H groups in total. The molecular formula is C12H15N3O4S. The van der Waals surface area contributed by atoms with Crippen LogP contribution >= 0.6 is 0 Å². The standard InChI is InChI=1S/C12H15N3O4S/c13-10-3-4-11(12-9(10)2-1-5-14-12)20(18,19)15-6-8(17)7-16/h1-5,8,15-17H,6-7,13H2. The maximum atomic E-state index is 12.2. The van der Waals surface area contributed by atoms with Gasteiger partial charge in [-0.1, -0.05) is 0 Å². The summed E-state index contributed by atoms with van der Waals surface area (Å²) in [7, 11) is -3.85. The van der Waals surface area contributed by atoms with Crippen molar-refractivity contribution in [1.82, 2.24) is 9.71 Å². The fraction of sp³-hybridized carbons (Fsp3) is 0.250. The minimum Gasteiger partial charge on any atom is -0.398 e. The number of sulfonamides is 1. The molecule has 0 aliphatic heterocycles. The second-order valence-corrected chi connectivity index (χ2v) is 5.98. The Morgan fingerprint density at radius 2 is 2.10 bits per heavy atom. The molecule has 0 amide bonds. The lowest BCUT2D eigenvalue weighted by molar-refractivity contribution is 0.0988. The van der Waals surface area contributed by atoms with Crippen molar-refractivity contribution < 1.29 is 18.6 Å². The quantitative estimate of drug-likeness (QED) is 0.549. The minimum atomic E-state index is -3.85. The van der Waals surface area contributed by atoms with Gasteiger partial charge in [0.1, 0.15) is 4.90 Å². The summed E-state index contributed by atoms with van der Waals surface area (Å²) in [6, 6.07) is 6.19. The van der Waals surface area contributed by atoms with Gasteiger partial charge in [0.05, 0.1) is 18.2 Å². The predicted octanol–water partition coefficient (Wildman–Crippen LogP) is -0.551. The van der Waals surface area contributed by atoms with E-state index < -0.39 is 22.7 Å². The molecule has 0 fully saturated rings. The second kappa shape index (κ2) is 5.71. The highest BCUT2D eigenvalue weighted by Crippen LogP contribution is 2.25. The predicted molar refractivity (Wildman–Crippen MR) is 74.4 cm³/mol. The van der Waals surface area contributed by atoms with E-state index in [1.807, 2.05) is 0 Å². The third kappa shape index (κ3) is 2.88. The molecule has 0 saturated carbocycles. The van der Waals surface area contributed by atoms with E-state index in [0.29, 0.717) is 11.1 Å². The Kier molecular flexibility index (Phi) is 4.19. The highest BCUT2D eigenvalue weighted by molar-refractivity contribution is 7.89. The van der Waals surface area contributed by atoms with Gasteiger partial charge in [-0.25, -0.2) is 13.1 Å². The maximum absolute atomic E-state index is 12.2. The number of rotatable bonds is 5. The molecule has 0 aliphatic rings. The van der Waals surface area contributed by atoms with E-state index in [1.165, 1.54) is 18.3 Å². The summed E-state index contributed by atoms with van der Waals surface area (Å²) in [5.74, 6) is 0. The van der Waals surface area contributed by atoms with Crippen LogP contribution < -0.4 is 10.5 Å². The summed E-state index contributed by atoms with van der Waals surface area (Å²) in [6.45, 7) is -0.805. The SMILES string of the molecule is Nc1ccc(S(=O)(=O)NCC(O)CO)c2ncccc12. The second-order valence-electron chi connectivity index (χ2n) is 4.24. The molecule has 1 aromatic heterocycles. The van der Waals surface area contributed by atoms with Gasteiger partial charge in [-0.15, -0.1) is 0 Å². The van der Waals surface area contributed by atoms with Crippen molar-refractivity contribution in [2.24, 2.45) is 0 Å². The Morgan fingerprint density at radius 1 is 1.35 bits per heavy atom. The van der Waals surface area contributed by atoms with Crippen LogP contribution in [0.1, 0.15) is 0 Å². The number of benzene rings is 1. The third-order valence-electron chi connectivity index (χ3n) is 2.78. The van der Waals surface area contributed by atoms with E-state index in [9.17, 15) is 13.5 Å². The topological polar surface area (TPSA) is 126 Å². The van der Waals surface area contributed by atoms with Crippen molar-refractivity contribution in [3.8, 4) is 0 Å². The van der Waals surface area contributed by atoms with Crippen molar-refractivity contribution >= 4 is 26.6 Å². The first-order valence-corrected chi connectivity index (χ1v) is 7.36. The highest BCUT2D eigenvalue weighted by atomic mass is 32.2. The number of hydrogen-bond donors (Lipinski definition) is 4.